The van der Waals surface area contributed by atoms with Crippen molar-refractivity contribution in [2.24, 2.45) is 5.73 Å². The molecule has 0 radical (unpaired) electrons. The lowest BCUT2D eigenvalue weighted by atomic mass is 10.1. The summed E-state index contributed by atoms with van der Waals surface area (Å²) in [5.41, 5.74) is 5.42. The molecule has 72 valence electrons. The van der Waals surface area contributed by atoms with Crippen molar-refractivity contribution in [1.29, 1.82) is 0 Å². The number of benzene rings is 1. The number of aliphatic hydroxyl groups is 1. The highest BCUT2D eigenvalue weighted by Crippen LogP contribution is 2.23. The zero-order chi connectivity index (χ0) is 10.0. The summed E-state index contributed by atoms with van der Waals surface area (Å²) in [5, 5.41) is 9.23. The molecule has 0 amide bonds. The predicted octanol–water partition coefficient (Wildman–Crippen LogP) is 1.72. The van der Waals surface area contributed by atoms with Crippen LogP contribution in [0.2, 0.25) is 0 Å². The molecule has 1 unspecified atom stereocenters. The Bertz CT molecular complexity index is 296. The maximum Gasteiger partial charge on any atom is 0.172 e. The molecule has 0 aliphatic heterocycles. The molecule has 13 heavy (non-hydrogen) atoms. The van der Waals surface area contributed by atoms with E-state index in [1.54, 1.807) is 0 Å². The number of rotatable bonds is 2. The van der Waals surface area contributed by atoms with Gasteiger partial charge < -0.3 is 10.8 Å². The maximum absolute atomic E-state index is 12.8. The van der Waals surface area contributed by atoms with Crippen LogP contribution in [0.4, 0.5) is 8.78 Å². The molecule has 0 fully saturated rings. The summed E-state index contributed by atoms with van der Waals surface area (Å²) in [6.45, 7) is -0.0302. The van der Waals surface area contributed by atoms with Crippen molar-refractivity contribution in [3.05, 3.63) is 33.8 Å². The Labute approximate surface area is 82.5 Å². The number of halogens is 3. The standard InChI is InChI=1S/C8H8BrF2NO/c9-5-1-4(7(13)3-12)2-6(10)8(5)11/h1-2,7,13H,3,12H2. The molecule has 0 saturated heterocycles. The van der Waals surface area contributed by atoms with E-state index in [9.17, 15) is 13.9 Å². The second kappa shape index (κ2) is 4.13. The van der Waals surface area contributed by atoms with E-state index in [4.69, 9.17) is 5.73 Å². The molecule has 1 rings (SSSR count). The normalized spacial score (nSPS) is 13.0. The first kappa shape index (κ1) is 10.6. The van der Waals surface area contributed by atoms with Gasteiger partial charge in [0.1, 0.15) is 0 Å². The molecule has 0 spiro atoms. The average molecular weight is 252 g/mol. The summed E-state index contributed by atoms with van der Waals surface area (Å²) in [7, 11) is 0. The molecule has 3 N–H and O–H groups in total. The van der Waals surface area contributed by atoms with Crippen LogP contribution < -0.4 is 5.73 Å². The Morgan fingerprint density at radius 2 is 2.08 bits per heavy atom. The third-order valence-corrected chi connectivity index (χ3v) is 2.19. The van der Waals surface area contributed by atoms with Gasteiger partial charge in [0.2, 0.25) is 0 Å². The first-order valence-electron chi connectivity index (χ1n) is 3.59. The van der Waals surface area contributed by atoms with Gasteiger partial charge in [0.05, 0.1) is 10.6 Å². The fraction of sp³-hybridized carbons (Fsp3) is 0.250. The topological polar surface area (TPSA) is 46.2 Å². The first-order valence-corrected chi connectivity index (χ1v) is 4.38. The molecule has 1 atom stereocenters. The summed E-state index contributed by atoms with van der Waals surface area (Å²) in [6, 6.07) is 2.23. The van der Waals surface area contributed by atoms with Gasteiger partial charge in [-0.3, -0.25) is 0 Å². The monoisotopic (exact) mass is 251 g/mol. The van der Waals surface area contributed by atoms with Crippen LogP contribution in [0.3, 0.4) is 0 Å². The van der Waals surface area contributed by atoms with Gasteiger partial charge in [0.25, 0.3) is 0 Å². The van der Waals surface area contributed by atoms with Crippen molar-refractivity contribution >= 4 is 15.9 Å². The van der Waals surface area contributed by atoms with Crippen LogP contribution >= 0.6 is 15.9 Å². The lowest BCUT2D eigenvalue weighted by molar-refractivity contribution is 0.186. The maximum atomic E-state index is 12.8. The molecule has 2 nitrogen and oxygen atoms in total. The SMILES string of the molecule is NCC(O)c1cc(F)c(F)c(Br)c1. The Morgan fingerprint density at radius 3 is 2.54 bits per heavy atom. The van der Waals surface area contributed by atoms with Gasteiger partial charge in [0, 0.05) is 6.54 Å². The van der Waals surface area contributed by atoms with Crippen molar-refractivity contribution in [2.75, 3.05) is 6.54 Å². The molecule has 0 aliphatic carbocycles. The highest BCUT2D eigenvalue weighted by molar-refractivity contribution is 9.10. The summed E-state index contributed by atoms with van der Waals surface area (Å²) in [5.74, 6) is -1.97. The molecule has 0 bridgehead atoms. The number of aliphatic hydroxyl groups excluding tert-OH is 1. The highest BCUT2D eigenvalue weighted by atomic mass is 79.9. The van der Waals surface area contributed by atoms with Crippen molar-refractivity contribution < 1.29 is 13.9 Å². The van der Waals surface area contributed by atoms with E-state index < -0.39 is 17.7 Å². The van der Waals surface area contributed by atoms with Crippen LogP contribution in [0.25, 0.3) is 0 Å². The van der Waals surface area contributed by atoms with E-state index in [1.807, 2.05) is 0 Å². The van der Waals surface area contributed by atoms with Gasteiger partial charge in [-0.1, -0.05) is 0 Å². The van der Waals surface area contributed by atoms with Gasteiger partial charge in [0.15, 0.2) is 11.6 Å². The van der Waals surface area contributed by atoms with Gasteiger partial charge in [-0.2, -0.15) is 0 Å². The third kappa shape index (κ3) is 2.24. The fourth-order valence-electron chi connectivity index (χ4n) is 0.904. The van der Waals surface area contributed by atoms with Gasteiger partial charge in [-0.25, -0.2) is 8.78 Å². The smallest absolute Gasteiger partial charge is 0.172 e. The van der Waals surface area contributed by atoms with Gasteiger partial charge >= 0.3 is 0 Å². The van der Waals surface area contributed by atoms with Gasteiger partial charge in [-0.15, -0.1) is 0 Å². The highest BCUT2D eigenvalue weighted by Gasteiger charge is 2.12. The minimum Gasteiger partial charge on any atom is -0.387 e. The van der Waals surface area contributed by atoms with Gasteiger partial charge in [-0.05, 0) is 33.6 Å². The number of hydrogen-bond donors (Lipinski definition) is 2. The van der Waals surface area contributed by atoms with Crippen LogP contribution in [-0.2, 0) is 0 Å². The number of nitrogens with two attached hydrogens (primary N) is 1. The molecular weight excluding hydrogens is 244 g/mol. The van der Waals surface area contributed by atoms with Crippen LogP contribution in [0, 0.1) is 11.6 Å². The van der Waals surface area contributed by atoms with Crippen LogP contribution in [0.15, 0.2) is 16.6 Å². The van der Waals surface area contributed by atoms with E-state index in [1.165, 1.54) is 6.07 Å². The second-order valence-corrected chi connectivity index (χ2v) is 3.40. The lowest BCUT2D eigenvalue weighted by Crippen LogP contribution is -2.12. The van der Waals surface area contributed by atoms with Crippen molar-refractivity contribution in [2.45, 2.75) is 6.10 Å². The summed E-state index contributed by atoms with van der Waals surface area (Å²) >= 11 is 2.83. The van der Waals surface area contributed by atoms with Crippen LogP contribution in [0.5, 0.6) is 0 Å². The second-order valence-electron chi connectivity index (χ2n) is 2.55. The zero-order valence-electron chi connectivity index (χ0n) is 6.60. The van der Waals surface area contributed by atoms with E-state index in [0.717, 1.165) is 6.07 Å². The summed E-state index contributed by atoms with van der Waals surface area (Å²) in [4.78, 5) is 0. The summed E-state index contributed by atoms with van der Waals surface area (Å²) in [6.07, 6.45) is -0.966. The molecule has 1 aromatic rings. The largest absolute Gasteiger partial charge is 0.387 e. The predicted molar refractivity (Wildman–Crippen MR) is 48.1 cm³/mol. The summed E-state index contributed by atoms with van der Waals surface area (Å²) < 4.78 is 25.5. The zero-order valence-corrected chi connectivity index (χ0v) is 8.18. The molecule has 1 aromatic carbocycles. The molecular formula is C8H8BrF2NO. The Hall–Kier alpha value is -0.520. The molecule has 5 heteroatoms. The van der Waals surface area contributed by atoms with Crippen LogP contribution in [-0.4, -0.2) is 11.7 Å². The quantitative estimate of drug-likeness (QED) is 0.787. The molecule has 0 aromatic heterocycles. The van der Waals surface area contributed by atoms with Crippen LogP contribution in [0.1, 0.15) is 11.7 Å². The number of hydrogen-bond acceptors (Lipinski definition) is 2. The van der Waals surface area contributed by atoms with E-state index in [0.29, 0.717) is 0 Å². The average Bonchev–Trinajstić information content (AvgIpc) is 2.12. The Balaban J connectivity index is 3.13. The molecule has 0 aliphatic rings. The van der Waals surface area contributed by atoms with Crippen molar-refractivity contribution in [1.82, 2.24) is 0 Å². The first-order chi connectivity index (χ1) is 6.06. The Kier molecular flexibility index (Phi) is 3.35. The minimum atomic E-state index is -1.00. The molecule has 0 heterocycles. The Morgan fingerprint density at radius 1 is 1.46 bits per heavy atom. The van der Waals surface area contributed by atoms with E-state index in [-0.39, 0.29) is 16.6 Å². The van der Waals surface area contributed by atoms with E-state index >= 15 is 0 Å². The van der Waals surface area contributed by atoms with Crippen molar-refractivity contribution in [3.63, 3.8) is 0 Å². The minimum absolute atomic E-state index is 0.0185. The van der Waals surface area contributed by atoms with E-state index in [2.05, 4.69) is 15.9 Å². The molecule has 0 saturated carbocycles. The fourth-order valence-corrected chi connectivity index (χ4v) is 1.36. The lowest BCUT2D eigenvalue weighted by Gasteiger charge is -2.08. The van der Waals surface area contributed by atoms with Crippen molar-refractivity contribution in [3.8, 4) is 0 Å². The third-order valence-electron chi connectivity index (χ3n) is 1.61.